The second-order valence-electron chi connectivity index (χ2n) is 5.30. The van der Waals surface area contributed by atoms with Crippen molar-refractivity contribution in [2.24, 2.45) is 0 Å². The SMILES string of the molecule is COc1cc(OC)nc(Nc2ccc(C(=O)Nc3ccccc3)cc2)n1. The Kier molecular flexibility index (Phi) is 5.28. The zero-order valence-corrected chi connectivity index (χ0v) is 14.4. The van der Waals surface area contributed by atoms with Gasteiger partial charge in [0, 0.05) is 16.9 Å². The Morgan fingerprint density at radius 1 is 0.846 bits per heavy atom. The number of hydrogen-bond donors (Lipinski definition) is 2. The van der Waals surface area contributed by atoms with E-state index in [0.29, 0.717) is 23.3 Å². The minimum absolute atomic E-state index is 0.179. The summed E-state index contributed by atoms with van der Waals surface area (Å²) in [5.74, 6) is 0.932. The average Bonchev–Trinajstić information content (AvgIpc) is 2.69. The lowest BCUT2D eigenvalue weighted by atomic mass is 10.2. The van der Waals surface area contributed by atoms with Crippen LogP contribution in [0.3, 0.4) is 0 Å². The third-order valence-corrected chi connectivity index (χ3v) is 3.53. The second-order valence-corrected chi connectivity index (χ2v) is 5.30. The summed E-state index contributed by atoms with van der Waals surface area (Å²) in [7, 11) is 3.04. The smallest absolute Gasteiger partial charge is 0.255 e. The van der Waals surface area contributed by atoms with Gasteiger partial charge in [-0.3, -0.25) is 4.79 Å². The molecule has 0 aliphatic rings. The predicted octanol–water partition coefficient (Wildman–Crippen LogP) is 3.49. The lowest BCUT2D eigenvalue weighted by Gasteiger charge is -2.09. The lowest BCUT2D eigenvalue weighted by Crippen LogP contribution is -2.11. The number of benzene rings is 2. The van der Waals surface area contributed by atoms with E-state index >= 15 is 0 Å². The first kappa shape index (κ1) is 17.2. The van der Waals surface area contributed by atoms with Gasteiger partial charge in [0.2, 0.25) is 17.7 Å². The fourth-order valence-electron chi connectivity index (χ4n) is 2.23. The third-order valence-electron chi connectivity index (χ3n) is 3.53. The molecule has 0 saturated carbocycles. The molecule has 0 aliphatic carbocycles. The second kappa shape index (κ2) is 7.98. The standard InChI is InChI=1S/C19H18N4O3/c1-25-16-12-17(26-2)23-19(22-16)21-15-10-8-13(9-11-15)18(24)20-14-6-4-3-5-7-14/h3-12H,1-2H3,(H,20,24)(H,21,22,23). The molecule has 7 nitrogen and oxygen atoms in total. The molecule has 0 saturated heterocycles. The Hall–Kier alpha value is -3.61. The van der Waals surface area contributed by atoms with Crippen molar-refractivity contribution < 1.29 is 14.3 Å². The van der Waals surface area contributed by atoms with E-state index in [1.165, 1.54) is 14.2 Å². The largest absolute Gasteiger partial charge is 0.481 e. The molecule has 2 N–H and O–H groups in total. The van der Waals surface area contributed by atoms with Crippen molar-refractivity contribution >= 4 is 23.2 Å². The number of rotatable bonds is 6. The van der Waals surface area contributed by atoms with Gasteiger partial charge in [0.25, 0.3) is 5.91 Å². The summed E-state index contributed by atoms with van der Waals surface area (Å²) in [4.78, 5) is 20.7. The monoisotopic (exact) mass is 350 g/mol. The highest BCUT2D eigenvalue weighted by Gasteiger charge is 2.08. The maximum absolute atomic E-state index is 12.3. The molecule has 0 unspecified atom stereocenters. The highest BCUT2D eigenvalue weighted by Crippen LogP contribution is 2.21. The van der Waals surface area contributed by atoms with Gasteiger partial charge in [-0.25, -0.2) is 0 Å². The number of anilines is 3. The van der Waals surface area contributed by atoms with Gasteiger partial charge in [-0.15, -0.1) is 0 Å². The van der Waals surface area contributed by atoms with Gasteiger partial charge in [-0.1, -0.05) is 18.2 Å². The highest BCUT2D eigenvalue weighted by atomic mass is 16.5. The Balaban J connectivity index is 1.71. The predicted molar refractivity (Wildman–Crippen MR) is 99.3 cm³/mol. The van der Waals surface area contributed by atoms with E-state index in [-0.39, 0.29) is 5.91 Å². The number of carbonyl (C=O) groups excluding carboxylic acids is 1. The van der Waals surface area contributed by atoms with E-state index in [4.69, 9.17) is 9.47 Å². The molecule has 132 valence electrons. The number of aromatic nitrogens is 2. The van der Waals surface area contributed by atoms with Crippen LogP contribution >= 0.6 is 0 Å². The van der Waals surface area contributed by atoms with E-state index < -0.39 is 0 Å². The maximum Gasteiger partial charge on any atom is 0.255 e. The van der Waals surface area contributed by atoms with E-state index in [1.807, 2.05) is 30.3 Å². The molecule has 0 aliphatic heterocycles. The molecule has 0 spiro atoms. The van der Waals surface area contributed by atoms with Crippen LogP contribution in [-0.4, -0.2) is 30.1 Å². The summed E-state index contributed by atoms with van der Waals surface area (Å²) < 4.78 is 10.2. The van der Waals surface area contributed by atoms with E-state index in [9.17, 15) is 4.79 Å². The van der Waals surface area contributed by atoms with Gasteiger partial charge in [0.1, 0.15) is 0 Å². The number of ether oxygens (including phenoxy) is 2. The maximum atomic E-state index is 12.3. The topological polar surface area (TPSA) is 85.4 Å². The molecule has 0 bridgehead atoms. The molecule has 0 fully saturated rings. The quantitative estimate of drug-likeness (QED) is 0.708. The molecule has 3 rings (SSSR count). The van der Waals surface area contributed by atoms with Gasteiger partial charge in [-0.05, 0) is 36.4 Å². The first-order valence-electron chi connectivity index (χ1n) is 7.88. The van der Waals surface area contributed by atoms with Crippen molar-refractivity contribution in [1.82, 2.24) is 9.97 Å². The fourth-order valence-corrected chi connectivity index (χ4v) is 2.23. The number of para-hydroxylation sites is 1. The van der Waals surface area contributed by atoms with Crippen molar-refractivity contribution in [3.8, 4) is 11.8 Å². The summed E-state index contributed by atoms with van der Waals surface area (Å²) in [5, 5.41) is 5.90. The normalized spacial score (nSPS) is 10.1. The Morgan fingerprint density at radius 2 is 1.46 bits per heavy atom. The number of carbonyl (C=O) groups is 1. The van der Waals surface area contributed by atoms with Crippen LogP contribution in [0.15, 0.2) is 60.7 Å². The number of methoxy groups -OCH3 is 2. The van der Waals surface area contributed by atoms with Gasteiger partial charge in [-0.2, -0.15) is 9.97 Å². The van der Waals surface area contributed by atoms with Crippen LogP contribution in [-0.2, 0) is 0 Å². The minimum atomic E-state index is -0.179. The Morgan fingerprint density at radius 3 is 2.04 bits per heavy atom. The summed E-state index contributed by atoms with van der Waals surface area (Å²) in [6.45, 7) is 0. The molecule has 2 aromatic carbocycles. The van der Waals surface area contributed by atoms with Crippen LogP contribution in [0.4, 0.5) is 17.3 Å². The minimum Gasteiger partial charge on any atom is -0.481 e. The van der Waals surface area contributed by atoms with Crippen LogP contribution in [0, 0.1) is 0 Å². The number of amides is 1. The van der Waals surface area contributed by atoms with Gasteiger partial charge in [0.15, 0.2) is 0 Å². The number of hydrogen-bond acceptors (Lipinski definition) is 6. The van der Waals surface area contributed by atoms with Crippen LogP contribution < -0.4 is 20.1 Å². The molecule has 7 heteroatoms. The van der Waals surface area contributed by atoms with Crippen LogP contribution in [0.2, 0.25) is 0 Å². The molecule has 26 heavy (non-hydrogen) atoms. The molecular weight excluding hydrogens is 332 g/mol. The fraction of sp³-hybridized carbons (Fsp3) is 0.105. The van der Waals surface area contributed by atoms with Crippen molar-refractivity contribution in [2.75, 3.05) is 24.9 Å². The Labute approximate surface area is 151 Å². The number of nitrogens with one attached hydrogen (secondary N) is 2. The van der Waals surface area contributed by atoms with Crippen LogP contribution in [0.5, 0.6) is 11.8 Å². The molecule has 0 radical (unpaired) electrons. The zero-order valence-electron chi connectivity index (χ0n) is 14.4. The molecular formula is C19H18N4O3. The van der Waals surface area contributed by atoms with Crippen molar-refractivity contribution in [3.05, 3.63) is 66.2 Å². The summed E-state index contributed by atoms with van der Waals surface area (Å²) in [5.41, 5.74) is 2.02. The first-order valence-corrected chi connectivity index (χ1v) is 7.88. The molecule has 1 aromatic heterocycles. The Bertz CT molecular complexity index is 861. The van der Waals surface area contributed by atoms with Crippen LogP contribution in [0.1, 0.15) is 10.4 Å². The highest BCUT2D eigenvalue weighted by molar-refractivity contribution is 6.04. The summed E-state index contributed by atoms with van der Waals surface area (Å²) in [6.07, 6.45) is 0. The average molecular weight is 350 g/mol. The molecule has 0 atom stereocenters. The first-order chi connectivity index (χ1) is 12.7. The van der Waals surface area contributed by atoms with Crippen molar-refractivity contribution in [2.45, 2.75) is 0 Å². The summed E-state index contributed by atoms with van der Waals surface area (Å²) in [6, 6.07) is 17.9. The number of nitrogens with zero attached hydrogens (tertiary/aromatic N) is 2. The van der Waals surface area contributed by atoms with Crippen LogP contribution in [0.25, 0.3) is 0 Å². The zero-order chi connectivity index (χ0) is 18.4. The van der Waals surface area contributed by atoms with Gasteiger partial charge >= 0.3 is 0 Å². The van der Waals surface area contributed by atoms with Crippen molar-refractivity contribution in [3.63, 3.8) is 0 Å². The molecule has 1 heterocycles. The van der Waals surface area contributed by atoms with E-state index in [2.05, 4.69) is 20.6 Å². The van der Waals surface area contributed by atoms with Crippen molar-refractivity contribution in [1.29, 1.82) is 0 Å². The van der Waals surface area contributed by atoms with E-state index in [0.717, 1.165) is 11.4 Å². The molecule has 1 amide bonds. The third kappa shape index (κ3) is 4.27. The van der Waals surface area contributed by atoms with Gasteiger partial charge in [0.05, 0.1) is 20.3 Å². The van der Waals surface area contributed by atoms with Gasteiger partial charge < -0.3 is 20.1 Å². The van der Waals surface area contributed by atoms with E-state index in [1.54, 1.807) is 30.3 Å². The molecule has 3 aromatic rings. The summed E-state index contributed by atoms with van der Waals surface area (Å²) >= 11 is 0. The lowest BCUT2D eigenvalue weighted by molar-refractivity contribution is 0.102.